The first-order chi connectivity index (χ1) is 12.3. The number of halogens is 2. The van der Waals surface area contributed by atoms with Gasteiger partial charge in [-0.1, -0.05) is 29.4 Å². The summed E-state index contributed by atoms with van der Waals surface area (Å²) < 4.78 is 27.8. The second kappa shape index (κ2) is 8.65. The zero-order chi connectivity index (χ0) is 19.3. The third-order valence-corrected chi connectivity index (χ3v) is 4.20. The Balaban J connectivity index is 2.24. The van der Waals surface area contributed by atoms with Crippen LogP contribution in [0.4, 0.5) is 8.78 Å². The van der Waals surface area contributed by atoms with Gasteiger partial charge in [-0.15, -0.1) is 0 Å². The number of aromatic hydroxyl groups is 2. The Morgan fingerprint density at radius 1 is 0.962 bits per heavy atom. The molecule has 0 aliphatic carbocycles. The summed E-state index contributed by atoms with van der Waals surface area (Å²) in [7, 11) is 0. The van der Waals surface area contributed by atoms with Crippen molar-refractivity contribution in [2.24, 2.45) is 0 Å². The smallest absolute Gasteiger partial charge is 0.133 e. The van der Waals surface area contributed by atoms with Gasteiger partial charge in [-0.05, 0) is 69.9 Å². The first-order valence-electron chi connectivity index (χ1n) is 8.57. The molecule has 26 heavy (non-hydrogen) atoms. The first kappa shape index (κ1) is 19.7. The summed E-state index contributed by atoms with van der Waals surface area (Å²) in [5, 5.41) is 20.5. The Kier molecular flexibility index (Phi) is 6.56. The molecule has 0 bridgehead atoms. The van der Waals surface area contributed by atoms with Gasteiger partial charge in [-0.2, -0.15) is 0 Å². The van der Waals surface area contributed by atoms with Crippen LogP contribution in [0.1, 0.15) is 39.2 Å². The van der Waals surface area contributed by atoms with Crippen molar-refractivity contribution in [1.82, 2.24) is 0 Å². The monoisotopic (exact) mass is 358 g/mol. The molecular formula is C22H24F2O2. The van der Waals surface area contributed by atoms with Crippen LogP contribution in [0, 0.1) is 11.6 Å². The van der Waals surface area contributed by atoms with Crippen molar-refractivity contribution in [3.8, 4) is 22.6 Å². The Labute approximate surface area is 153 Å². The quantitative estimate of drug-likeness (QED) is 0.597. The zero-order valence-corrected chi connectivity index (χ0v) is 15.3. The van der Waals surface area contributed by atoms with E-state index >= 15 is 0 Å². The van der Waals surface area contributed by atoms with E-state index in [-0.39, 0.29) is 22.6 Å². The molecule has 2 nitrogen and oxygen atoms in total. The minimum atomic E-state index is -0.744. The van der Waals surface area contributed by atoms with Gasteiger partial charge in [0.1, 0.15) is 23.1 Å². The molecule has 0 atom stereocenters. The highest BCUT2D eigenvalue weighted by Crippen LogP contribution is 2.36. The molecular weight excluding hydrogens is 334 g/mol. The molecule has 0 aliphatic rings. The number of phenols is 2. The number of hydrogen-bond acceptors (Lipinski definition) is 2. The lowest BCUT2D eigenvalue weighted by atomic mass is 9.98. The molecule has 138 valence electrons. The van der Waals surface area contributed by atoms with E-state index in [4.69, 9.17) is 0 Å². The van der Waals surface area contributed by atoms with Crippen LogP contribution in [0.15, 0.2) is 53.6 Å². The van der Waals surface area contributed by atoms with E-state index in [0.29, 0.717) is 12.0 Å². The average molecular weight is 358 g/mol. The molecule has 0 fully saturated rings. The van der Waals surface area contributed by atoms with Gasteiger partial charge < -0.3 is 10.2 Å². The minimum Gasteiger partial charge on any atom is -0.507 e. The molecule has 2 aromatic rings. The van der Waals surface area contributed by atoms with Gasteiger partial charge in [-0.3, -0.25) is 0 Å². The summed E-state index contributed by atoms with van der Waals surface area (Å²) in [6, 6.07) is 6.11. The van der Waals surface area contributed by atoms with Crippen LogP contribution in [-0.4, -0.2) is 10.2 Å². The molecule has 0 amide bonds. The molecule has 0 spiro atoms. The predicted molar refractivity (Wildman–Crippen MR) is 101 cm³/mol. The van der Waals surface area contributed by atoms with Crippen LogP contribution in [0.5, 0.6) is 11.5 Å². The summed E-state index contributed by atoms with van der Waals surface area (Å²) in [6.45, 7) is 6.10. The SMILES string of the molecule is CC(C)=CCC/C(C)=C/Cc1c(O)cc(-c2c(F)cccc2F)cc1O. The number of allylic oxidation sites excluding steroid dienone is 4. The standard InChI is InChI=1S/C22H24F2O2/c1-14(2)6-4-7-15(3)10-11-17-20(25)12-16(13-21(17)26)22-18(23)8-5-9-19(22)24/h5-6,8-10,12-13,25-26H,4,7,11H2,1-3H3/b15-10+. The molecule has 0 saturated carbocycles. The summed E-state index contributed by atoms with van der Waals surface area (Å²) in [6.07, 6.45) is 6.28. The van der Waals surface area contributed by atoms with Crippen molar-refractivity contribution >= 4 is 0 Å². The zero-order valence-electron chi connectivity index (χ0n) is 15.3. The summed E-state index contributed by atoms with van der Waals surface area (Å²) in [5.41, 5.74) is 2.59. The van der Waals surface area contributed by atoms with Crippen LogP contribution >= 0.6 is 0 Å². The van der Waals surface area contributed by atoms with Crippen LogP contribution in [0.2, 0.25) is 0 Å². The molecule has 2 rings (SSSR count). The third-order valence-electron chi connectivity index (χ3n) is 4.20. The van der Waals surface area contributed by atoms with Crippen molar-refractivity contribution in [2.45, 2.75) is 40.0 Å². The highest BCUT2D eigenvalue weighted by atomic mass is 19.1. The molecule has 0 unspecified atom stereocenters. The first-order valence-corrected chi connectivity index (χ1v) is 8.57. The fraction of sp³-hybridized carbons (Fsp3) is 0.273. The van der Waals surface area contributed by atoms with Crippen molar-refractivity contribution in [1.29, 1.82) is 0 Å². The van der Waals surface area contributed by atoms with Gasteiger partial charge in [-0.25, -0.2) is 8.78 Å². The summed E-state index contributed by atoms with van der Waals surface area (Å²) in [5.74, 6) is -1.86. The van der Waals surface area contributed by atoms with Gasteiger partial charge in [0.05, 0.1) is 5.56 Å². The van der Waals surface area contributed by atoms with Crippen molar-refractivity contribution in [3.05, 3.63) is 70.8 Å². The van der Waals surface area contributed by atoms with Crippen LogP contribution < -0.4 is 0 Å². The number of hydrogen-bond donors (Lipinski definition) is 2. The lowest BCUT2D eigenvalue weighted by Gasteiger charge is -2.11. The second-order valence-corrected chi connectivity index (χ2v) is 6.66. The topological polar surface area (TPSA) is 40.5 Å². The molecule has 0 aromatic heterocycles. The molecule has 2 aromatic carbocycles. The second-order valence-electron chi connectivity index (χ2n) is 6.66. The Hall–Kier alpha value is -2.62. The third kappa shape index (κ3) is 4.94. The maximum absolute atomic E-state index is 13.9. The summed E-state index contributed by atoms with van der Waals surface area (Å²) >= 11 is 0. The van der Waals surface area contributed by atoms with Crippen molar-refractivity contribution < 1.29 is 19.0 Å². The lowest BCUT2D eigenvalue weighted by Crippen LogP contribution is -1.92. The maximum Gasteiger partial charge on any atom is 0.133 e. The largest absolute Gasteiger partial charge is 0.507 e. The van der Waals surface area contributed by atoms with E-state index < -0.39 is 11.6 Å². The molecule has 2 N–H and O–H groups in total. The van der Waals surface area contributed by atoms with Crippen LogP contribution in [0.3, 0.4) is 0 Å². The maximum atomic E-state index is 13.9. The summed E-state index contributed by atoms with van der Waals surface area (Å²) in [4.78, 5) is 0. The van der Waals surface area contributed by atoms with E-state index in [0.717, 1.165) is 30.5 Å². The number of rotatable bonds is 6. The molecule has 0 aliphatic heterocycles. The van der Waals surface area contributed by atoms with Crippen molar-refractivity contribution in [3.63, 3.8) is 0 Å². The van der Waals surface area contributed by atoms with E-state index in [2.05, 4.69) is 19.9 Å². The lowest BCUT2D eigenvalue weighted by molar-refractivity contribution is 0.441. The van der Waals surface area contributed by atoms with Gasteiger partial charge >= 0.3 is 0 Å². The Morgan fingerprint density at radius 2 is 1.54 bits per heavy atom. The Morgan fingerprint density at radius 3 is 2.08 bits per heavy atom. The molecule has 0 radical (unpaired) electrons. The molecule has 0 saturated heterocycles. The van der Waals surface area contributed by atoms with E-state index in [1.807, 2.05) is 13.0 Å². The van der Waals surface area contributed by atoms with Gasteiger partial charge in [0.25, 0.3) is 0 Å². The highest BCUT2D eigenvalue weighted by Gasteiger charge is 2.15. The van der Waals surface area contributed by atoms with Crippen LogP contribution in [0.25, 0.3) is 11.1 Å². The van der Waals surface area contributed by atoms with E-state index in [1.165, 1.54) is 23.8 Å². The Bertz CT molecular complexity index is 804. The normalized spacial score (nSPS) is 11.5. The van der Waals surface area contributed by atoms with E-state index in [9.17, 15) is 19.0 Å². The van der Waals surface area contributed by atoms with Crippen LogP contribution in [-0.2, 0) is 6.42 Å². The van der Waals surface area contributed by atoms with Gasteiger partial charge in [0.15, 0.2) is 0 Å². The van der Waals surface area contributed by atoms with Crippen molar-refractivity contribution in [2.75, 3.05) is 0 Å². The van der Waals surface area contributed by atoms with Gasteiger partial charge in [0.2, 0.25) is 0 Å². The number of phenolic OH excluding ortho intramolecular Hbond substituents is 2. The molecule has 0 heterocycles. The van der Waals surface area contributed by atoms with Gasteiger partial charge in [0, 0.05) is 5.56 Å². The number of benzene rings is 2. The fourth-order valence-electron chi connectivity index (χ4n) is 2.74. The van der Waals surface area contributed by atoms with E-state index in [1.54, 1.807) is 0 Å². The minimum absolute atomic E-state index is 0.101. The highest BCUT2D eigenvalue weighted by molar-refractivity contribution is 5.70. The predicted octanol–water partition coefficient (Wildman–Crippen LogP) is 6.28. The average Bonchev–Trinajstić information content (AvgIpc) is 2.53. The fourth-order valence-corrected chi connectivity index (χ4v) is 2.74. The molecule has 4 heteroatoms.